The van der Waals surface area contributed by atoms with Crippen LogP contribution in [0.1, 0.15) is 51.8 Å². The van der Waals surface area contributed by atoms with Crippen LogP contribution in [0.15, 0.2) is 28.8 Å². The Labute approximate surface area is 173 Å². The zero-order valence-corrected chi connectivity index (χ0v) is 17.4. The number of carbonyl (C=O) groups is 2. The molecule has 0 saturated heterocycles. The molecule has 9 nitrogen and oxygen atoms in total. The fourth-order valence-electron chi connectivity index (χ4n) is 2.99. The Morgan fingerprint density at radius 3 is 2.60 bits per heavy atom. The molecule has 0 amide bonds. The van der Waals surface area contributed by atoms with E-state index in [1.54, 1.807) is 46.9 Å². The average Bonchev–Trinajstić information content (AvgIpc) is 3.29. The molecule has 158 valence electrons. The predicted octanol–water partition coefficient (Wildman–Crippen LogP) is 3.61. The predicted molar refractivity (Wildman–Crippen MR) is 106 cm³/mol. The molecule has 0 aliphatic carbocycles. The molecule has 0 unspecified atom stereocenters. The highest BCUT2D eigenvalue weighted by atomic mass is 16.6. The molecule has 0 fully saturated rings. The minimum atomic E-state index is -0.642. The van der Waals surface area contributed by atoms with E-state index in [0.29, 0.717) is 34.0 Å². The van der Waals surface area contributed by atoms with Crippen LogP contribution in [0.5, 0.6) is 5.75 Å². The van der Waals surface area contributed by atoms with E-state index in [1.165, 1.54) is 0 Å². The van der Waals surface area contributed by atoms with E-state index in [-0.39, 0.29) is 24.3 Å². The number of para-hydroxylation sites is 1. The first kappa shape index (κ1) is 21.1. The number of rotatable bonds is 7. The Morgan fingerprint density at radius 2 is 1.90 bits per heavy atom. The summed E-state index contributed by atoms with van der Waals surface area (Å²) in [5.41, 5.74) is 2.15. The molecule has 0 saturated carbocycles. The standard InChI is InChI=1S/C21H23N3O6/c1-11(2)29-20(25)17-12(3)18(22-13(17)4)21(26)28-10-16-23-19(24-30-16)14-8-6-7-9-15(14)27-5/h6-9,11,22H,10H2,1-5H3. The van der Waals surface area contributed by atoms with E-state index in [0.717, 1.165) is 0 Å². The minimum absolute atomic E-state index is 0.129. The Hall–Kier alpha value is -3.62. The van der Waals surface area contributed by atoms with Crippen LogP contribution in [0.3, 0.4) is 0 Å². The highest BCUT2D eigenvalue weighted by molar-refractivity contribution is 5.98. The number of nitrogens with one attached hydrogen (secondary N) is 1. The first-order chi connectivity index (χ1) is 14.3. The fraction of sp³-hybridized carbons (Fsp3) is 0.333. The van der Waals surface area contributed by atoms with Gasteiger partial charge < -0.3 is 23.7 Å². The van der Waals surface area contributed by atoms with Gasteiger partial charge in [0.05, 0.1) is 24.3 Å². The van der Waals surface area contributed by atoms with Crippen molar-refractivity contribution in [3.05, 3.63) is 52.7 Å². The van der Waals surface area contributed by atoms with Gasteiger partial charge in [-0.05, 0) is 45.4 Å². The summed E-state index contributed by atoms with van der Waals surface area (Å²) in [5.74, 6) is -0.0845. The van der Waals surface area contributed by atoms with Gasteiger partial charge >= 0.3 is 11.9 Å². The average molecular weight is 413 g/mol. The number of benzene rings is 1. The van der Waals surface area contributed by atoms with Crippen molar-refractivity contribution in [2.75, 3.05) is 7.11 Å². The summed E-state index contributed by atoms with van der Waals surface area (Å²) in [6.07, 6.45) is -0.267. The number of hydrogen-bond acceptors (Lipinski definition) is 8. The van der Waals surface area contributed by atoms with Crippen LogP contribution >= 0.6 is 0 Å². The van der Waals surface area contributed by atoms with E-state index < -0.39 is 11.9 Å². The Morgan fingerprint density at radius 1 is 1.17 bits per heavy atom. The van der Waals surface area contributed by atoms with Crippen molar-refractivity contribution in [3.63, 3.8) is 0 Å². The highest BCUT2D eigenvalue weighted by Gasteiger charge is 2.25. The maximum absolute atomic E-state index is 12.5. The number of methoxy groups -OCH3 is 1. The lowest BCUT2D eigenvalue weighted by Gasteiger charge is -2.08. The van der Waals surface area contributed by atoms with Gasteiger partial charge in [-0.25, -0.2) is 9.59 Å². The molecule has 2 heterocycles. The summed E-state index contributed by atoms with van der Waals surface area (Å²) in [7, 11) is 1.55. The third kappa shape index (κ3) is 4.35. The van der Waals surface area contributed by atoms with Gasteiger partial charge in [-0.15, -0.1) is 0 Å². The van der Waals surface area contributed by atoms with Crippen molar-refractivity contribution >= 4 is 11.9 Å². The third-order valence-corrected chi connectivity index (χ3v) is 4.33. The van der Waals surface area contributed by atoms with Gasteiger partial charge in [-0.3, -0.25) is 0 Å². The van der Waals surface area contributed by atoms with Gasteiger partial charge in [0, 0.05) is 5.69 Å². The lowest BCUT2D eigenvalue weighted by molar-refractivity contribution is 0.0376. The summed E-state index contributed by atoms with van der Waals surface area (Å²) in [4.78, 5) is 31.9. The van der Waals surface area contributed by atoms with Crippen LogP contribution in [0.25, 0.3) is 11.4 Å². The Bertz CT molecular complexity index is 1070. The number of ether oxygens (including phenoxy) is 3. The second-order valence-corrected chi connectivity index (χ2v) is 6.87. The summed E-state index contributed by atoms with van der Waals surface area (Å²) in [6, 6.07) is 7.23. The number of nitrogens with zero attached hydrogens (tertiary/aromatic N) is 2. The van der Waals surface area contributed by atoms with Crippen molar-refractivity contribution in [2.45, 2.75) is 40.4 Å². The molecule has 30 heavy (non-hydrogen) atoms. The molecule has 3 aromatic rings. The second kappa shape index (κ2) is 8.81. The van der Waals surface area contributed by atoms with Crippen molar-refractivity contribution < 1.29 is 28.3 Å². The molecule has 9 heteroatoms. The maximum atomic E-state index is 12.5. The number of H-pyrrole nitrogens is 1. The number of carbonyl (C=O) groups excluding carboxylic acids is 2. The van der Waals surface area contributed by atoms with Crippen molar-refractivity contribution in [3.8, 4) is 17.1 Å². The van der Waals surface area contributed by atoms with Gasteiger partial charge in [0.1, 0.15) is 11.4 Å². The Balaban J connectivity index is 1.71. The molecule has 0 aliphatic rings. The number of aromatic nitrogens is 3. The molecule has 0 atom stereocenters. The number of esters is 2. The van der Waals surface area contributed by atoms with Crippen molar-refractivity contribution in [1.82, 2.24) is 15.1 Å². The monoisotopic (exact) mass is 413 g/mol. The van der Waals surface area contributed by atoms with Gasteiger partial charge in [-0.2, -0.15) is 4.98 Å². The van der Waals surface area contributed by atoms with E-state index in [1.807, 2.05) is 12.1 Å². The molecular formula is C21H23N3O6. The SMILES string of the molecule is COc1ccccc1-c1noc(COC(=O)c2[nH]c(C)c(C(=O)OC(C)C)c2C)n1. The smallest absolute Gasteiger partial charge is 0.355 e. The van der Waals surface area contributed by atoms with Gasteiger partial charge in [0.2, 0.25) is 5.82 Å². The fourth-order valence-corrected chi connectivity index (χ4v) is 2.99. The van der Waals surface area contributed by atoms with Crippen LogP contribution < -0.4 is 4.74 Å². The zero-order chi connectivity index (χ0) is 21.8. The van der Waals surface area contributed by atoms with E-state index in [2.05, 4.69) is 15.1 Å². The van der Waals surface area contributed by atoms with Gasteiger partial charge in [-0.1, -0.05) is 17.3 Å². The van der Waals surface area contributed by atoms with Gasteiger partial charge in [0.15, 0.2) is 6.61 Å². The molecule has 3 rings (SSSR count). The second-order valence-electron chi connectivity index (χ2n) is 6.87. The van der Waals surface area contributed by atoms with Crippen LogP contribution in [0.4, 0.5) is 0 Å². The quantitative estimate of drug-likeness (QED) is 0.584. The van der Waals surface area contributed by atoms with Crippen LogP contribution in [0.2, 0.25) is 0 Å². The van der Waals surface area contributed by atoms with Crippen LogP contribution in [-0.4, -0.2) is 40.3 Å². The molecule has 0 radical (unpaired) electrons. The Kier molecular flexibility index (Phi) is 6.20. The molecular weight excluding hydrogens is 390 g/mol. The first-order valence-corrected chi connectivity index (χ1v) is 9.35. The molecule has 2 aromatic heterocycles. The largest absolute Gasteiger partial charge is 0.496 e. The van der Waals surface area contributed by atoms with E-state index >= 15 is 0 Å². The summed E-state index contributed by atoms with van der Waals surface area (Å²) in [5, 5.41) is 3.91. The minimum Gasteiger partial charge on any atom is -0.496 e. The highest BCUT2D eigenvalue weighted by Crippen LogP contribution is 2.27. The number of aromatic amines is 1. The molecule has 1 N–H and O–H groups in total. The zero-order valence-electron chi connectivity index (χ0n) is 17.4. The summed E-state index contributed by atoms with van der Waals surface area (Å²) < 4.78 is 21.0. The van der Waals surface area contributed by atoms with Gasteiger partial charge in [0.25, 0.3) is 5.89 Å². The molecule has 0 bridgehead atoms. The number of aryl methyl sites for hydroxylation is 1. The third-order valence-electron chi connectivity index (χ3n) is 4.33. The van der Waals surface area contributed by atoms with Crippen molar-refractivity contribution in [1.29, 1.82) is 0 Å². The molecule has 0 spiro atoms. The summed E-state index contributed by atoms with van der Waals surface area (Å²) in [6.45, 7) is 6.65. The maximum Gasteiger partial charge on any atom is 0.355 e. The van der Waals surface area contributed by atoms with E-state index in [9.17, 15) is 9.59 Å². The topological polar surface area (TPSA) is 117 Å². The van der Waals surface area contributed by atoms with Crippen LogP contribution in [-0.2, 0) is 16.1 Å². The normalized spacial score (nSPS) is 10.9. The molecule has 0 aliphatic heterocycles. The lowest BCUT2D eigenvalue weighted by Crippen LogP contribution is -2.13. The number of hydrogen-bond donors (Lipinski definition) is 1. The first-order valence-electron chi connectivity index (χ1n) is 9.35. The molecule has 1 aromatic carbocycles. The summed E-state index contributed by atoms with van der Waals surface area (Å²) >= 11 is 0. The van der Waals surface area contributed by atoms with E-state index in [4.69, 9.17) is 18.7 Å². The van der Waals surface area contributed by atoms with Crippen molar-refractivity contribution in [2.24, 2.45) is 0 Å². The lowest BCUT2D eigenvalue weighted by atomic mass is 10.1. The van der Waals surface area contributed by atoms with Crippen LogP contribution in [0, 0.1) is 13.8 Å².